The number of aliphatic hydroxyl groups is 1. The predicted molar refractivity (Wildman–Crippen MR) is 373 cm³/mol. The van der Waals surface area contributed by atoms with Crippen molar-refractivity contribution in [3.8, 4) is 39.8 Å². The van der Waals surface area contributed by atoms with E-state index < -0.39 is 0 Å². The number of hydrogen-bond acceptors (Lipinski definition) is 11. The summed E-state index contributed by atoms with van der Waals surface area (Å²) in [4.78, 5) is 25.0. The first-order chi connectivity index (χ1) is 43.5. The van der Waals surface area contributed by atoms with E-state index in [1.807, 2.05) is 97.2 Å². The number of Topliss-reactive ketones (excluding diaryl/α,β-unsaturated/α-hetero) is 1. The molecule has 4 N–H and O–H groups in total. The number of pyridine rings is 1. The highest BCUT2D eigenvalue weighted by Gasteiger charge is 2.22. The number of H-pyrrole nitrogens is 3. The van der Waals surface area contributed by atoms with Gasteiger partial charge in [-0.1, -0.05) is 189 Å². The number of aromatic amines is 3. The van der Waals surface area contributed by atoms with Gasteiger partial charge in [0.25, 0.3) is 0 Å². The quantitative estimate of drug-likeness (QED) is 0.0964. The van der Waals surface area contributed by atoms with Crippen molar-refractivity contribution in [2.24, 2.45) is 0 Å². The Hall–Kier alpha value is -9.27. The number of nitrogens with one attached hydrogen (secondary N) is 3. The van der Waals surface area contributed by atoms with Crippen LogP contribution in [0.2, 0.25) is 0 Å². The second-order valence-corrected chi connectivity index (χ2v) is 28.5. The zero-order valence-electron chi connectivity index (χ0n) is 56.7. The number of aryl methyl sites for hydroxylation is 2. The minimum absolute atomic E-state index is 0.0302. The van der Waals surface area contributed by atoms with Crippen LogP contribution in [0.3, 0.4) is 0 Å². The maximum atomic E-state index is 12.1. The number of carbonyl (C=O) groups excluding carboxylic acids is 1. The average Bonchev–Trinajstić information content (AvgIpc) is 1.27. The molecule has 0 radical (unpaired) electrons. The van der Waals surface area contributed by atoms with Gasteiger partial charge < -0.3 is 19.3 Å². The number of nitrogens with zero attached hydrogens (tertiary/aromatic N) is 6. The third-order valence-corrected chi connectivity index (χ3v) is 15.7. The molecule has 6 aromatic carbocycles. The third kappa shape index (κ3) is 19.4. The van der Waals surface area contributed by atoms with Crippen molar-refractivity contribution in [2.75, 3.05) is 13.9 Å². The lowest BCUT2D eigenvalue weighted by atomic mass is 9.84. The molecule has 0 atom stereocenters. The molecule has 0 saturated carbocycles. The first-order valence-electron chi connectivity index (χ1n) is 31.6. The van der Waals surface area contributed by atoms with Gasteiger partial charge in [0.1, 0.15) is 11.5 Å². The summed E-state index contributed by atoms with van der Waals surface area (Å²) in [6.07, 6.45) is 8.05. The molecular formula is C78H93N9O5. The number of ketones is 1. The second-order valence-electron chi connectivity index (χ2n) is 28.5. The summed E-state index contributed by atoms with van der Waals surface area (Å²) in [6.45, 7) is 33.0. The van der Waals surface area contributed by atoms with Crippen molar-refractivity contribution >= 4 is 27.7 Å². The Morgan fingerprint density at radius 1 is 0.478 bits per heavy atom. The SMILES string of the molecule is CC(C)(C)c1cc(-c2ccc3c(c2)OCO3)n[nH]1.CC(C)(C)c1cc(-c2ccc3nccnc3c2)n[nH]1.CC(C)(C)c1ccc(CC(=O)Cc2ccccc2)cc1.CC(C)(C)c1cccc2ncccc12.COc1cc(CO)cc(CCc2cc(C(C)(C)C)n[nH]2)c1. The number of aliphatic hydroxyl groups excluding tert-OH is 1. The predicted octanol–water partition coefficient (Wildman–Crippen LogP) is 17.3. The van der Waals surface area contributed by atoms with Crippen LogP contribution >= 0.6 is 0 Å². The summed E-state index contributed by atoms with van der Waals surface area (Å²) >= 11 is 0. The van der Waals surface area contributed by atoms with E-state index in [9.17, 15) is 9.90 Å². The fraction of sp³-hybridized carbons (Fsp3) is 0.346. The Kier molecular flexibility index (Phi) is 22.2. The van der Waals surface area contributed by atoms with E-state index in [0.29, 0.717) is 19.6 Å². The molecule has 0 saturated heterocycles. The number of carbonyl (C=O) groups is 1. The molecule has 92 heavy (non-hydrogen) atoms. The monoisotopic (exact) mass is 1240 g/mol. The summed E-state index contributed by atoms with van der Waals surface area (Å²) in [5.74, 6) is 2.63. The van der Waals surface area contributed by atoms with Crippen LogP contribution in [0.4, 0.5) is 0 Å². The van der Waals surface area contributed by atoms with E-state index in [2.05, 4.69) is 216 Å². The number of benzene rings is 6. The minimum atomic E-state index is 0.0302. The van der Waals surface area contributed by atoms with Crippen LogP contribution in [0.25, 0.3) is 44.5 Å². The fourth-order valence-electron chi connectivity index (χ4n) is 10.1. The normalized spacial score (nSPS) is 12.1. The van der Waals surface area contributed by atoms with Crippen LogP contribution in [0.15, 0.2) is 176 Å². The van der Waals surface area contributed by atoms with E-state index in [0.717, 1.165) is 114 Å². The largest absolute Gasteiger partial charge is 0.497 e. The van der Waals surface area contributed by atoms with Crippen LogP contribution in [0.1, 0.15) is 160 Å². The molecule has 0 aliphatic carbocycles. The van der Waals surface area contributed by atoms with Crippen molar-refractivity contribution < 1.29 is 24.1 Å². The summed E-state index contributed by atoms with van der Waals surface area (Å²) in [5.41, 5.74) is 18.7. The molecule has 0 bridgehead atoms. The lowest BCUT2D eigenvalue weighted by molar-refractivity contribution is -0.117. The van der Waals surface area contributed by atoms with E-state index in [4.69, 9.17) is 14.2 Å². The molecule has 0 spiro atoms. The lowest BCUT2D eigenvalue weighted by Gasteiger charge is -2.20. The molecule has 0 unspecified atom stereocenters. The highest BCUT2D eigenvalue weighted by atomic mass is 16.7. The fourth-order valence-corrected chi connectivity index (χ4v) is 10.1. The molecule has 480 valence electrons. The Balaban J connectivity index is 0.000000149. The number of hydrogen-bond donors (Lipinski definition) is 4. The number of fused-ring (bicyclic) bond motifs is 3. The molecule has 5 aromatic heterocycles. The number of rotatable bonds is 11. The highest BCUT2D eigenvalue weighted by molar-refractivity contribution is 5.84. The van der Waals surface area contributed by atoms with Gasteiger partial charge in [-0.05, 0) is 130 Å². The highest BCUT2D eigenvalue weighted by Crippen LogP contribution is 2.37. The Morgan fingerprint density at radius 2 is 1.08 bits per heavy atom. The van der Waals surface area contributed by atoms with E-state index in [1.54, 1.807) is 19.5 Å². The molecule has 1 aliphatic heterocycles. The number of aromatic nitrogens is 9. The van der Waals surface area contributed by atoms with E-state index in [-0.39, 0.29) is 39.5 Å². The van der Waals surface area contributed by atoms with Gasteiger partial charge in [0, 0.05) is 81.3 Å². The molecule has 12 rings (SSSR count). The van der Waals surface area contributed by atoms with Gasteiger partial charge in [-0.25, -0.2) is 0 Å². The molecule has 14 heteroatoms. The van der Waals surface area contributed by atoms with Crippen LogP contribution in [-0.4, -0.2) is 70.3 Å². The van der Waals surface area contributed by atoms with Gasteiger partial charge in [-0.15, -0.1) is 0 Å². The smallest absolute Gasteiger partial charge is 0.231 e. The lowest BCUT2D eigenvalue weighted by Crippen LogP contribution is -2.11. The minimum Gasteiger partial charge on any atom is -0.497 e. The van der Waals surface area contributed by atoms with Gasteiger partial charge in [0.15, 0.2) is 11.5 Å². The maximum Gasteiger partial charge on any atom is 0.231 e. The van der Waals surface area contributed by atoms with Crippen molar-refractivity contribution in [1.82, 2.24) is 45.5 Å². The van der Waals surface area contributed by atoms with Crippen molar-refractivity contribution in [3.05, 3.63) is 232 Å². The number of methoxy groups -OCH3 is 1. The maximum absolute atomic E-state index is 12.1. The Labute approximate surface area is 544 Å². The number of ether oxygens (including phenoxy) is 3. The van der Waals surface area contributed by atoms with Gasteiger partial charge in [0.05, 0.1) is 47.3 Å². The van der Waals surface area contributed by atoms with Crippen LogP contribution in [-0.2, 0) is 64.2 Å². The van der Waals surface area contributed by atoms with Crippen LogP contribution < -0.4 is 14.2 Å². The summed E-state index contributed by atoms with van der Waals surface area (Å²) in [6, 6.07) is 52.9. The Morgan fingerprint density at radius 3 is 1.66 bits per heavy atom. The average molecular weight is 1240 g/mol. The van der Waals surface area contributed by atoms with Gasteiger partial charge in [0.2, 0.25) is 6.79 Å². The molecule has 0 fully saturated rings. The zero-order chi connectivity index (χ0) is 66.4. The summed E-state index contributed by atoms with van der Waals surface area (Å²) in [7, 11) is 1.64. The first kappa shape index (κ1) is 68.6. The molecule has 0 amide bonds. The molecule has 6 heterocycles. The van der Waals surface area contributed by atoms with Crippen molar-refractivity contribution in [1.29, 1.82) is 0 Å². The molecule has 1 aliphatic rings. The molecule has 11 aromatic rings. The van der Waals surface area contributed by atoms with Gasteiger partial charge >= 0.3 is 0 Å². The molecule has 14 nitrogen and oxygen atoms in total. The first-order valence-corrected chi connectivity index (χ1v) is 31.6. The van der Waals surface area contributed by atoms with E-state index >= 15 is 0 Å². The van der Waals surface area contributed by atoms with Crippen LogP contribution in [0, 0.1) is 0 Å². The van der Waals surface area contributed by atoms with Crippen LogP contribution in [0.5, 0.6) is 17.2 Å². The molecular weight excluding hydrogens is 1140 g/mol. The zero-order valence-corrected chi connectivity index (χ0v) is 56.7. The van der Waals surface area contributed by atoms with Gasteiger partial charge in [-0.2, -0.15) is 15.3 Å². The third-order valence-electron chi connectivity index (χ3n) is 15.7. The Bertz CT molecular complexity index is 4140. The van der Waals surface area contributed by atoms with E-state index in [1.165, 1.54) is 16.5 Å². The topological polar surface area (TPSA) is 190 Å². The second kappa shape index (κ2) is 29.8. The summed E-state index contributed by atoms with van der Waals surface area (Å²) < 4.78 is 15.9. The summed E-state index contributed by atoms with van der Waals surface area (Å²) in [5, 5.41) is 33.0. The standard InChI is InChI=1S/C19H22O.C17H24N2O2.C15H16N4.C14H16N2O2.C13H15N/c1-19(2,3)17-11-9-16(10-12-17)14-18(20)13-15-7-5-4-6-8-15;1-17(2,3)16-10-14(18-19-16)6-5-12-7-13(11-20)9-15(8-12)21-4;1-15(2,3)14-9-12(18-19-14)10-4-5-11-13(8-10)17-7-6-16-11;1-14(2,3)13-7-10(15-16-13)9-4-5-11-12(6-9)18-8-17-11;1-13(2,3)11-7-4-8-12-10(11)6-5-9-14-12/h4-12H,13-14H2,1-3H3;7-10,20H,5-6,11H2,1-4H3,(H,18,19);4-9H,1-3H3,(H,18,19);4-7H,8H2,1-3H3,(H,15,16);4-9H,1-3H3. The van der Waals surface area contributed by atoms with Crippen molar-refractivity contribution in [3.63, 3.8) is 0 Å². The van der Waals surface area contributed by atoms with Gasteiger partial charge in [-0.3, -0.25) is 35.0 Å². The van der Waals surface area contributed by atoms with Crippen molar-refractivity contribution in [2.45, 2.75) is 163 Å².